The molecule has 0 fully saturated rings. The number of carbonyl (C=O) groups is 2. The van der Waals surface area contributed by atoms with Crippen LogP contribution in [-0.4, -0.2) is 73.4 Å². The van der Waals surface area contributed by atoms with Crippen molar-refractivity contribution in [2.24, 2.45) is 5.92 Å². The molecule has 0 aliphatic carbocycles. The fourth-order valence-corrected chi connectivity index (χ4v) is 7.45. The number of sulfonamides is 1. The van der Waals surface area contributed by atoms with Crippen molar-refractivity contribution in [2.75, 3.05) is 32.5 Å². The Kier molecular flexibility index (Phi) is 16.7. The molecule has 3 rings (SSSR count). The molecule has 0 heterocycles. The van der Waals surface area contributed by atoms with Crippen molar-refractivity contribution in [3.8, 4) is 0 Å². The molecule has 16 heteroatoms. The van der Waals surface area contributed by atoms with Gasteiger partial charge in [0, 0.05) is 30.7 Å². The molecule has 2 atom stereocenters. The predicted octanol–water partition coefficient (Wildman–Crippen LogP) is 4.66. The van der Waals surface area contributed by atoms with Crippen LogP contribution in [0.3, 0.4) is 0 Å². The van der Waals surface area contributed by atoms with Crippen molar-refractivity contribution in [1.29, 1.82) is 0 Å². The molecule has 2 amide bonds. The van der Waals surface area contributed by atoms with Crippen LogP contribution in [0.25, 0.3) is 0 Å². The number of phosphoric acid groups is 1. The van der Waals surface area contributed by atoms with E-state index in [9.17, 15) is 32.4 Å². The third-order valence-corrected chi connectivity index (χ3v) is 9.95. The summed E-state index contributed by atoms with van der Waals surface area (Å²) in [5.41, 5.74) is 7.75. The van der Waals surface area contributed by atoms with Gasteiger partial charge in [0.2, 0.25) is 15.9 Å². The highest BCUT2D eigenvalue weighted by Gasteiger charge is 2.35. The Morgan fingerprint density at radius 3 is 1.96 bits per heavy atom. The van der Waals surface area contributed by atoms with Crippen molar-refractivity contribution in [2.45, 2.75) is 56.0 Å². The van der Waals surface area contributed by atoms with Crippen LogP contribution < -0.4 is 16.4 Å². The van der Waals surface area contributed by atoms with Gasteiger partial charge in [-0.25, -0.2) is 17.8 Å². The van der Waals surface area contributed by atoms with Crippen LogP contribution in [0.2, 0.25) is 0 Å². The number of hydrogen-bond donors (Lipinski definition) is 5. The smallest absolute Gasteiger partial charge is 0.453 e. The second-order valence-corrected chi connectivity index (χ2v) is 14.8. The number of anilines is 1. The predicted molar refractivity (Wildman–Crippen MR) is 190 cm³/mol. The van der Waals surface area contributed by atoms with E-state index in [1.807, 2.05) is 74.5 Å². The maximum Gasteiger partial charge on any atom is 0.469 e. The number of halogens is 1. The molecule has 270 valence electrons. The molecular formula is C33H46ClN4O9PS. The number of phosphoric ester groups is 1. The number of hydrogen-bond acceptors (Lipinski definition) is 8. The Morgan fingerprint density at radius 2 is 1.47 bits per heavy atom. The van der Waals surface area contributed by atoms with E-state index in [2.05, 4.69) is 10.6 Å². The number of carbonyl (C=O) groups excluding carboxylic acids is 2. The van der Waals surface area contributed by atoms with Gasteiger partial charge in [-0.05, 0) is 54.2 Å². The first-order valence-electron chi connectivity index (χ1n) is 15.5. The lowest BCUT2D eigenvalue weighted by molar-refractivity contribution is -0.123. The Hall–Kier alpha value is -3.49. The maximum atomic E-state index is 13.7. The number of rotatable bonds is 18. The molecule has 3 aromatic carbocycles. The van der Waals surface area contributed by atoms with Gasteiger partial charge < -0.3 is 30.9 Å². The third-order valence-electron chi connectivity index (χ3n) is 7.53. The number of nitrogens with one attached hydrogen (secondary N) is 2. The zero-order valence-corrected chi connectivity index (χ0v) is 30.2. The molecule has 49 heavy (non-hydrogen) atoms. The number of nitrogen functional groups attached to an aromatic ring is 1. The van der Waals surface area contributed by atoms with Crippen LogP contribution >= 0.6 is 20.2 Å². The lowest BCUT2D eigenvalue weighted by Gasteiger charge is -2.32. The van der Waals surface area contributed by atoms with Gasteiger partial charge in [0.15, 0.2) is 0 Å². The van der Waals surface area contributed by atoms with Gasteiger partial charge in [-0.2, -0.15) is 4.31 Å². The largest absolute Gasteiger partial charge is 0.469 e. The van der Waals surface area contributed by atoms with E-state index in [1.165, 1.54) is 35.7 Å². The minimum absolute atomic E-state index is 0. The zero-order valence-electron chi connectivity index (χ0n) is 27.7. The summed E-state index contributed by atoms with van der Waals surface area (Å²) in [6, 6.07) is 22.3. The quantitative estimate of drug-likeness (QED) is 0.0695. The summed E-state index contributed by atoms with van der Waals surface area (Å²) in [7, 11) is -7.79. The van der Waals surface area contributed by atoms with Crippen LogP contribution in [-0.2, 0) is 28.6 Å². The summed E-state index contributed by atoms with van der Waals surface area (Å²) >= 11 is 0. The average molecular weight is 741 g/mol. The molecule has 13 nitrogen and oxygen atoms in total. The molecule has 0 spiro atoms. The van der Waals surface area contributed by atoms with Crippen LogP contribution in [0.5, 0.6) is 0 Å². The Labute approximate surface area is 294 Å². The van der Waals surface area contributed by atoms with Gasteiger partial charge in [0.05, 0.1) is 18.6 Å². The third kappa shape index (κ3) is 13.0. The van der Waals surface area contributed by atoms with Crippen molar-refractivity contribution in [3.05, 3.63) is 96.1 Å². The monoisotopic (exact) mass is 740 g/mol. The van der Waals surface area contributed by atoms with Crippen LogP contribution in [0.4, 0.5) is 10.5 Å². The molecule has 0 radical (unpaired) electrons. The highest BCUT2D eigenvalue weighted by Crippen LogP contribution is 2.37. The number of nitrogens with two attached hydrogens (primary N) is 1. The summed E-state index contributed by atoms with van der Waals surface area (Å²) in [6.07, 6.45) is 0.170. The molecule has 0 saturated heterocycles. The van der Waals surface area contributed by atoms with Crippen molar-refractivity contribution in [1.82, 2.24) is 14.9 Å². The first-order chi connectivity index (χ1) is 22.7. The Bertz CT molecular complexity index is 1570. The van der Waals surface area contributed by atoms with E-state index in [-0.39, 0.29) is 42.7 Å². The molecule has 6 N–H and O–H groups in total. The number of unbranched alkanes of at least 4 members (excludes halogenated alkanes) is 1. The second kappa shape index (κ2) is 19.6. The number of methoxy groups -OCH3 is 1. The fraction of sp³-hybridized carbons (Fsp3) is 0.394. The number of benzene rings is 3. The van der Waals surface area contributed by atoms with Gasteiger partial charge >= 0.3 is 13.9 Å². The molecule has 0 bridgehead atoms. The Morgan fingerprint density at radius 1 is 0.918 bits per heavy atom. The lowest BCUT2D eigenvalue weighted by atomic mass is 9.84. The van der Waals surface area contributed by atoms with Crippen molar-refractivity contribution >= 4 is 47.9 Å². The molecular weight excluding hydrogens is 695 g/mol. The number of alkyl carbamates (subject to hydrolysis) is 1. The van der Waals surface area contributed by atoms with Crippen molar-refractivity contribution in [3.63, 3.8) is 0 Å². The topological polar surface area (TPSA) is 198 Å². The molecule has 0 saturated carbocycles. The van der Waals surface area contributed by atoms with E-state index >= 15 is 0 Å². The van der Waals surface area contributed by atoms with Gasteiger partial charge in [-0.3, -0.25) is 9.32 Å². The minimum atomic E-state index is -4.91. The maximum absolute atomic E-state index is 13.7. The summed E-state index contributed by atoms with van der Waals surface area (Å²) in [5.74, 6) is -1.11. The van der Waals surface area contributed by atoms with Crippen LogP contribution in [0.1, 0.15) is 50.2 Å². The Balaban J connectivity index is 0.00000833. The van der Waals surface area contributed by atoms with Crippen LogP contribution in [0, 0.1) is 5.92 Å². The standard InChI is InChI=1S/C33H45N4O9PS.ClH/c1-24(2)22-37(48(43,44)29-19-17-27(34)18-20-29)28(23-46-47(40,41)42)16-10-11-21-35-32(38)31(36-33(39)45-3)30(25-12-6-4-7-13-25)26-14-8-5-9-15-26;/h4-9,12-15,17-20,24,28,30-31H,10-11,16,21-23,34H2,1-3H3,(H,35,38)(H,36,39)(H2,40,41,42);1H/t28-,31?;/m0./s1. The summed E-state index contributed by atoms with van der Waals surface area (Å²) in [5, 5.41) is 5.55. The van der Waals surface area contributed by atoms with Crippen molar-refractivity contribution < 1.29 is 41.6 Å². The number of ether oxygens (including phenoxy) is 1. The normalized spacial score (nSPS) is 13.1. The fourth-order valence-electron chi connectivity index (χ4n) is 5.28. The first kappa shape index (κ1) is 41.7. The zero-order chi connectivity index (χ0) is 35.3. The van der Waals surface area contributed by atoms with Gasteiger partial charge in [0.1, 0.15) is 6.04 Å². The number of amides is 2. The van der Waals surface area contributed by atoms with E-state index < -0.39 is 54.5 Å². The average Bonchev–Trinajstić information content (AvgIpc) is 3.05. The summed E-state index contributed by atoms with van der Waals surface area (Å²) in [4.78, 5) is 44.8. The highest BCUT2D eigenvalue weighted by atomic mass is 35.5. The lowest BCUT2D eigenvalue weighted by Crippen LogP contribution is -2.50. The first-order valence-corrected chi connectivity index (χ1v) is 18.5. The van der Waals surface area contributed by atoms with Gasteiger partial charge in [0.25, 0.3) is 0 Å². The molecule has 0 aliphatic heterocycles. The summed E-state index contributed by atoms with van der Waals surface area (Å²) < 4.78 is 49.9. The van der Waals surface area contributed by atoms with E-state index in [4.69, 9.17) is 15.0 Å². The molecule has 1 unspecified atom stereocenters. The van der Waals surface area contributed by atoms with Gasteiger partial charge in [-0.1, -0.05) is 80.9 Å². The van der Waals surface area contributed by atoms with E-state index in [0.717, 1.165) is 11.1 Å². The molecule has 3 aromatic rings. The summed E-state index contributed by atoms with van der Waals surface area (Å²) in [6.45, 7) is 3.37. The second-order valence-electron chi connectivity index (χ2n) is 11.7. The van der Waals surface area contributed by atoms with E-state index in [1.54, 1.807) is 0 Å². The highest BCUT2D eigenvalue weighted by molar-refractivity contribution is 7.89. The van der Waals surface area contributed by atoms with Crippen LogP contribution in [0.15, 0.2) is 89.8 Å². The molecule has 0 aliphatic rings. The van der Waals surface area contributed by atoms with Gasteiger partial charge in [-0.15, -0.1) is 12.4 Å². The molecule has 0 aromatic heterocycles. The van der Waals surface area contributed by atoms with E-state index in [0.29, 0.717) is 18.5 Å². The SMILES string of the molecule is COC(=O)NC(C(=O)NCCCC[C@@H](COP(=O)(O)O)N(CC(C)C)S(=O)(=O)c1ccc(N)cc1)C(c1ccccc1)c1ccccc1.Cl. The number of nitrogens with zero attached hydrogens (tertiary/aromatic N) is 1. The minimum Gasteiger partial charge on any atom is -0.453 e.